The summed E-state index contributed by atoms with van der Waals surface area (Å²) in [5.74, 6) is -0.807. The highest BCUT2D eigenvalue weighted by Gasteiger charge is 2.47. The van der Waals surface area contributed by atoms with Crippen molar-refractivity contribution in [2.45, 2.75) is 38.4 Å². The highest BCUT2D eigenvalue weighted by atomic mass is 35.5. The summed E-state index contributed by atoms with van der Waals surface area (Å²) < 4.78 is 0. The van der Waals surface area contributed by atoms with E-state index in [2.05, 4.69) is 10.3 Å². The van der Waals surface area contributed by atoms with Crippen LogP contribution in [0.2, 0.25) is 5.02 Å². The van der Waals surface area contributed by atoms with Crippen molar-refractivity contribution in [1.82, 2.24) is 20.1 Å². The van der Waals surface area contributed by atoms with Crippen LogP contribution >= 0.6 is 11.6 Å². The van der Waals surface area contributed by atoms with Crippen LogP contribution in [-0.2, 0) is 4.79 Å². The van der Waals surface area contributed by atoms with Gasteiger partial charge in [-0.05, 0) is 45.0 Å². The number of nitrogens with one attached hydrogen (secondary N) is 2. The Morgan fingerprint density at radius 3 is 2.61 bits per heavy atom. The summed E-state index contributed by atoms with van der Waals surface area (Å²) >= 11 is 5.98. The first kappa shape index (κ1) is 20.0. The van der Waals surface area contributed by atoms with Gasteiger partial charge in [-0.2, -0.15) is 0 Å². The second kappa shape index (κ2) is 7.01. The lowest BCUT2D eigenvalue weighted by Crippen LogP contribution is -2.59. The zero-order valence-corrected chi connectivity index (χ0v) is 16.9. The van der Waals surface area contributed by atoms with Crippen molar-refractivity contribution in [3.8, 4) is 0 Å². The molecule has 2 atom stereocenters. The Bertz CT molecular complexity index is 949. The number of aromatic nitrogens is 1. The van der Waals surface area contributed by atoms with E-state index in [1.807, 2.05) is 0 Å². The molecule has 1 aliphatic rings. The molecule has 2 aromatic rings. The fourth-order valence-corrected chi connectivity index (χ4v) is 3.82. The van der Waals surface area contributed by atoms with Crippen molar-refractivity contribution in [2.75, 3.05) is 13.6 Å². The normalized spacial score (nSPS) is 19.9. The minimum Gasteiger partial charge on any atom is -0.465 e. The van der Waals surface area contributed by atoms with Gasteiger partial charge in [0.2, 0.25) is 5.91 Å². The van der Waals surface area contributed by atoms with Crippen LogP contribution in [0.5, 0.6) is 0 Å². The predicted molar refractivity (Wildman–Crippen MR) is 106 cm³/mol. The van der Waals surface area contributed by atoms with Crippen LogP contribution in [0.25, 0.3) is 10.9 Å². The lowest BCUT2D eigenvalue weighted by molar-refractivity contribution is -0.128. The summed E-state index contributed by atoms with van der Waals surface area (Å²) in [4.78, 5) is 42.9. The number of amides is 3. The molecule has 28 heavy (non-hydrogen) atoms. The molecule has 3 amide bonds. The number of hydrogen-bond acceptors (Lipinski definition) is 3. The number of H-pyrrole nitrogens is 1. The molecule has 0 radical (unpaired) electrons. The Morgan fingerprint density at radius 1 is 1.32 bits per heavy atom. The SMILES string of the molecule is CN1C[C@@H](N(C(=O)O)C(C)(C)C)[C@H](NC(=O)c2cc3cc(Cl)ccc3[nH]2)C1=O. The van der Waals surface area contributed by atoms with Crippen LogP contribution in [-0.4, -0.2) is 69.0 Å². The molecule has 1 aliphatic heterocycles. The second-order valence-electron chi connectivity index (χ2n) is 7.98. The molecular formula is C19H23ClN4O4. The summed E-state index contributed by atoms with van der Waals surface area (Å²) in [6.45, 7) is 5.47. The lowest BCUT2D eigenvalue weighted by atomic mass is 10.0. The molecule has 0 bridgehead atoms. The van der Waals surface area contributed by atoms with Crippen molar-refractivity contribution in [1.29, 1.82) is 0 Å². The van der Waals surface area contributed by atoms with Gasteiger partial charge in [0.1, 0.15) is 11.7 Å². The van der Waals surface area contributed by atoms with Gasteiger partial charge in [-0.1, -0.05) is 11.6 Å². The number of nitrogens with zero attached hydrogens (tertiary/aromatic N) is 2. The molecule has 1 saturated heterocycles. The van der Waals surface area contributed by atoms with Gasteiger partial charge in [0.25, 0.3) is 5.91 Å². The van der Waals surface area contributed by atoms with Crippen molar-refractivity contribution in [2.24, 2.45) is 0 Å². The quantitative estimate of drug-likeness (QED) is 0.728. The largest absolute Gasteiger partial charge is 0.465 e. The van der Waals surface area contributed by atoms with E-state index in [1.54, 1.807) is 52.1 Å². The van der Waals surface area contributed by atoms with Gasteiger partial charge in [-0.3, -0.25) is 14.5 Å². The molecule has 0 unspecified atom stereocenters. The number of aromatic amines is 1. The highest BCUT2D eigenvalue weighted by molar-refractivity contribution is 6.31. The Balaban J connectivity index is 1.89. The maximum absolute atomic E-state index is 12.8. The number of likely N-dealkylation sites (tertiary alicyclic amines) is 1. The Morgan fingerprint density at radius 2 is 2.00 bits per heavy atom. The van der Waals surface area contributed by atoms with E-state index in [1.165, 1.54) is 9.80 Å². The molecule has 3 rings (SSSR count). The summed E-state index contributed by atoms with van der Waals surface area (Å²) in [6.07, 6.45) is -1.14. The molecule has 1 aromatic heterocycles. The zero-order valence-electron chi connectivity index (χ0n) is 16.1. The molecule has 1 aromatic carbocycles. The number of carbonyl (C=O) groups excluding carboxylic acids is 2. The molecule has 0 aliphatic carbocycles. The van der Waals surface area contributed by atoms with Gasteiger partial charge in [-0.15, -0.1) is 0 Å². The maximum Gasteiger partial charge on any atom is 0.408 e. The molecule has 9 heteroatoms. The smallest absolute Gasteiger partial charge is 0.408 e. The standard InChI is InChI=1S/C19H23ClN4O4/c1-19(2,3)24(18(27)28)14-9-23(4)17(26)15(14)22-16(25)13-8-10-7-11(20)5-6-12(10)21-13/h5-8,14-15,21H,9H2,1-4H3,(H,22,25)(H,27,28)/t14-,15+/m1/s1. The Labute approximate surface area is 167 Å². The number of hydrogen-bond donors (Lipinski definition) is 3. The van der Waals surface area contributed by atoms with Gasteiger partial charge in [-0.25, -0.2) is 4.79 Å². The van der Waals surface area contributed by atoms with Gasteiger partial charge in [0.15, 0.2) is 0 Å². The first-order chi connectivity index (χ1) is 13.0. The third-order valence-electron chi connectivity index (χ3n) is 4.86. The average molecular weight is 407 g/mol. The molecule has 1 fully saturated rings. The van der Waals surface area contributed by atoms with Crippen molar-refractivity contribution in [3.63, 3.8) is 0 Å². The fourth-order valence-electron chi connectivity index (χ4n) is 3.64. The Hall–Kier alpha value is -2.74. The summed E-state index contributed by atoms with van der Waals surface area (Å²) in [5, 5.41) is 13.7. The van der Waals surface area contributed by atoms with Gasteiger partial charge in [0, 0.05) is 35.1 Å². The van der Waals surface area contributed by atoms with E-state index < -0.39 is 29.6 Å². The van der Waals surface area contributed by atoms with Crippen LogP contribution in [0.15, 0.2) is 24.3 Å². The zero-order chi connectivity index (χ0) is 20.8. The highest BCUT2D eigenvalue weighted by Crippen LogP contribution is 2.25. The first-order valence-electron chi connectivity index (χ1n) is 8.85. The van der Waals surface area contributed by atoms with Gasteiger partial charge >= 0.3 is 6.09 Å². The van der Waals surface area contributed by atoms with E-state index in [9.17, 15) is 19.5 Å². The number of carboxylic acid groups (broad SMARTS) is 1. The first-order valence-corrected chi connectivity index (χ1v) is 9.23. The summed E-state index contributed by atoms with van der Waals surface area (Å²) in [5.41, 5.74) is 0.279. The van der Waals surface area contributed by atoms with Crippen molar-refractivity contribution >= 4 is 40.4 Å². The van der Waals surface area contributed by atoms with Crippen LogP contribution in [0.4, 0.5) is 4.79 Å². The molecule has 8 nitrogen and oxygen atoms in total. The number of fused-ring (bicyclic) bond motifs is 1. The van der Waals surface area contributed by atoms with Crippen LogP contribution in [0.1, 0.15) is 31.3 Å². The minimum absolute atomic E-state index is 0.204. The number of benzene rings is 1. The molecule has 150 valence electrons. The number of rotatable bonds is 3. The van der Waals surface area contributed by atoms with Crippen LogP contribution < -0.4 is 5.32 Å². The number of halogens is 1. The molecular weight excluding hydrogens is 384 g/mol. The monoisotopic (exact) mass is 406 g/mol. The van der Waals surface area contributed by atoms with E-state index in [0.717, 1.165) is 10.9 Å². The summed E-state index contributed by atoms with van der Waals surface area (Å²) in [6, 6.07) is 5.18. The molecule has 2 heterocycles. The lowest BCUT2D eigenvalue weighted by Gasteiger charge is -2.39. The number of carbonyl (C=O) groups is 3. The van der Waals surface area contributed by atoms with Gasteiger partial charge in [0.05, 0.1) is 6.04 Å². The van der Waals surface area contributed by atoms with Crippen LogP contribution in [0.3, 0.4) is 0 Å². The topological polar surface area (TPSA) is 106 Å². The van der Waals surface area contributed by atoms with Crippen molar-refractivity contribution in [3.05, 3.63) is 35.0 Å². The average Bonchev–Trinajstić information content (AvgIpc) is 3.09. The van der Waals surface area contributed by atoms with E-state index >= 15 is 0 Å². The third-order valence-corrected chi connectivity index (χ3v) is 5.10. The fraction of sp³-hybridized carbons (Fsp3) is 0.421. The second-order valence-corrected chi connectivity index (χ2v) is 8.41. The van der Waals surface area contributed by atoms with E-state index in [-0.39, 0.29) is 18.1 Å². The Kier molecular flexibility index (Phi) is 5.01. The van der Waals surface area contributed by atoms with Crippen molar-refractivity contribution < 1.29 is 19.5 Å². The molecule has 0 spiro atoms. The molecule has 3 N–H and O–H groups in total. The van der Waals surface area contributed by atoms with E-state index in [4.69, 9.17) is 11.6 Å². The third kappa shape index (κ3) is 3.64. The minimum atomic E-state index is -1.14. The summed E-state index contributed by atoms with van der Waals surface area (Å²) in [7, 11) is 1.59. The number of likely N-dealkylation sites (N-methyl/N-ethyl adjacent to an activating group) is 1. The van der Waals surface area contributed by atoms with E-state index in [0.29, 0.717) is 5.02 Å². The maximum atomic E-state index is 12.8. The molecule has 0 saturated carbocycles. The van der Waals surface area contributed by atoms with Crippen LogP contribution in [0, 0.1) is 0 Å². The predicted octanol–water partition coefficient (Wildman–Crippen LogP) is 2.54. The van der Waals surface area contributed by atoms with Gasteiger partial charge < -0.3 is 20.3 Å².